The molecule has 156 valence electrons. The lowest BCUT2D eigenvalue weighted by molar-refractivity contribution is -0.118. The minimum absolute atomic E-state index is 0.00952. The zero-order valence-electron chi connectivity index (χ0n) is 16.0. The number of amides is 1. The Bertz CT molecular complexity index is 1210. The van der Waals surface area contributed by atoms with Crippen LogP contribution in [0.4, 0.5) is 4.39 Å². The molecule has 31 heavy (non-hydrogen) atoms. The lowest BCUT2D eigenvalue weighted by Crippen LogP contribution is -2.20. The third-order valence-corrected chi connectivity index (χ3v) is 5.05. The molecule has 2 aromatic carbocycles. The second-order valence-corrected chi connectivity index (χ2v) is 7.18. The van der Waals surface area contributed by atoms with Crippen molar-refractivity contribution in [2.24, 2.45) is 5.10 Å². The second kappa shape index (κ2) is 9.26. The standard InChI is InChI=1S/C21H16FN5O3S/c22-15-7-9-16(10-8-15)27-20(18-6-3-11-30-18)25-26-21(27)31-13-19(29)24-23-12-14-4-1-2-5-17(14)28/h1-12,28H,13H2,(H,24,29)/b23-12+. The van der Waals surface area contributed by atoms with E-state index in [1.54, 1.807) is 47.0 Å². The topological polar surface area (TPSA) is 106 Å². The summed E-state index contributed by atoms with van der Waals surface area (Å²) >= 11 is 1.14. The maximum absolute atomic E-state index is 13.4. The number of nitrogens with zero attached hydrogens (tertiary/aromatic N) is 4. The molecule has 0 saturated carbocycles. The third-order valence-electron chi connectivity index (χ3n) is 4.12. The number of benzene rings is 2. The van der Waals surface area contributed by atoms with E-state index in [1.807, 2.05) is 0 Å². The van der Waals surface area contributed by atoms with Gasteiger partial charge in [-0.1, -0.05) is 23.9 Å². The zero-order valence-corrected chi connectivity index (χ0v) is 16.8. The number of phenolic OH excluding ortho intramolecular Hbond substituents is 1. The van der Waals surface area contributed by atoms with E-state index in [4.69, 9.17) is 4.42 Å². The fraction of sp³-hybridized carbons (Fsp3) is 0.0476. The monoisotopic (exact) mass is 437 g/mol. The zero-order chi connectivity index (χ0) is 21.6. The highest BCUT2D eigenvalue weighted by Crippen LogP contribution is 2.28. The second-order valence-electron chi connectivity index (χ2n) is 6.24. The van der Waals surface area contributed by atoms with E-state index in [2.05, 4.69) is 20.7 Å². The van der Waals surface area contributed by atoms with Crippen LogP contribution in [-0.4, -0.2) is 37.7 Å². The Hall–Kier alpha value is -3.92. The van der Waals surface area contributed by atoms with Gasteiger partial charge in [-0.15, -0.1) is 10.2 Å². The first kappa shape index (κ1) is 20.4. The summed E-state index contributed by atoms with van der Waals surface area (Å²) in [5.41, 5.74) is 3.51. The van der Waals surface area contributed by atoms with Crippen LogP contribution >= 0.6 is 11.8 Å². The third kappa shape index (κ3) is 4.81. The van der Waals surface area contributed by atoms with Gasteiger partial charge in [0.25, 0.3) is 5.91 Å². The van der Waals surface area contributed by atoms with Gasteiger partial charge in [-0.25, -0.2) is 9.82 Å². The number of nitrogens with one attached hydrogen (secondary N) is 1. The Morgan fingerprint density at radius 1 is 1.16 bits per heavy atom. The highest BCUT2D eigenvalue weighted by Gasteiger charge is 2.19. The van der Waals surface area contributed by atoms with Crippen LogP contribution in [0.5, 0.6) is 5.75 Å². The number of phenols is 1. The van der Waals surface area contributed by atoms with Crippen LogP contribution in [0.25, 0.3) is 17.3 Å². The van der Waals surface area contributed by atoms with Crippen LogP contribution in [0, 0.1) is 5.82 Å². The summed E-state index contributed by atoms with van der Waals surface area (Å²) < 4.78 is 20.5. The van der Waals surface area contributed by atoms with E-state index in [-0.39, 0.29) is 23.2 Å². The van der Waals surface area contributed by atoms with Crippen LogP contribution in [0.1, 0.15) is 5.56 Å². The van der Waals surface area contributed by atoms with Crippen molar-refractivity contribution in [1.82, 2.24) is 20.2 Å². The van der Waals surface area contributed by atoms with Gasteiger partial charge in [0.15, 0.2) is 10.9 Å². The summed E-state index contributed by atoms with van der Waals surface area (Å²) in [6.07, 6.45) is 2.87. The molecular formula is C21H16FN5O3S. The van der Waals surface area contributed by atoms with Crippen molar-refractivity contribution >= 4 is 23.9 Å². The summed E-state index contributed by atoms with van der Waals surface area (Å²) in [4.78, 5) is 12.2. The Kier molecular flexibility index (Phi) is 6.08. The van der Waals surface area contributed by atoms with Crippen molar-refractivity contribution in [1.29, 1.82) is 0 Å². The molecule has 0 atom stereocenters. The van der Waals surface area contributed by atoms with Crippen molar-refractivity contribution in [2.45, 2.75) is 5.16 Å². The maximum atomic E-state index is 13.4. The molecule has 8 nitrogen and oxygen atoms in total. The molecule has 0 aliphatic carbocycles. The Morgan fingerprint density at radius 2 is 1.97 bits per heavy atom. The first-order valence-corrected chi connectivity index (χ1v) is 10.1. The molecule has 10 heteroatoms. The number of aromatic hydroxyl groups is 1. The van der Waals surface area contributed by atoms with Crippen LogP contribution in [0.3, 0.4) is 0 Å². The molecule has 0 aliphatic heterocycles. The lowest BCUT2D eigenvalue weighted by atomic mass is 10.2. The number of hydrogen-bond acceptors (Lipinski definition) is 7. The molecule has 4 aromatic rings. The Morgan fingerprint density at radius 3 is 2.71 bits per heavy atom. The average Bonchev–Trinajstić information content (AvgIpc) is 3.44. The number of rotatable bonds is 7. The van der Waals surface area contributed by atoms with E-state index in [0.717, 1.165) is 11.8 Å². The van der Waals surface area contributed by atoms with Gasteiger partial charge in [0, 0.05) is 5.56 Å². The van der Waals surface area contributed by atoms with Gasteiger partial charge in [0.05, 0.1) is 23.9 Å². The SMILES string of the molecule is O=C(CSc1nnc(-c2ccco2)n1-c1ccc(F)cc1)N/N=C/c1ccccc1O. The number of thioether (sulfide) groups is 1. The number of halogens is 1. The summed E-state index contributed by atoms with van der Waals surface area (Å²) in [5, 5.41) is 22.3. The lowest BCUT2D eigenvalue weighted by Gasteiger charge is -2.09. The fourth-order valence-corrected chi connectivity index (χ4v) is 3.43. The van der Waals surface area contributed by atoms with Crippen molar-refractivity contribution in [3.8, 4) is 23.0 Å². The first-order chi connectivity index (χ1) is 15.1. The molecule has 0 fully saturated rings. The Balaban J connectivity index is 1.49. The average molecular weight is 437 g/mol. The normalized spacial score (nSPS) is 11.1. The number of furan rings is 1. The number of hydrazone groups is 1. The van der Waals surface area contributed by atoms with Crippen LogP contribution in [0.2, 0.25) is 0 Å². The molecule has 0 radical (unpaired) electrons. The number of hydrogen-bond donors (Lipinski definition) is 2. The van der Waals surface area contributed by atoms with Crippen LogP contribution in [-0.2, 0) is 4.79 Å². The predicted octanol–water partition coefficient (Wildman–Crippen LogP) is 3.61. The number of carbonyl (C=O) groups is 1. The van der Waals surface area contributed by atoms with Gasteiger partial charge in [0.1, 0.15) is 11.6 Å². The van der Waals surface area contributed by atoms with Gasteiger partial charge >= 0.3 is 0 Å². The quantitative estimate of drug-likeness (QED) is 0.260. The minimum atomic E-state index is -0.370. The van der Waals surface area contributed by atoms with Gasteiger partial charge in [-0.2, -0.15) is 5.10 Å². The molecular weight excluding hydrogens is 421 g/mol. The largest absolute Gasteiger partial charge is 0.507 e. The van der Waals surface area contributed by atoms with Gasteiger partial charge in [0.2, 0.25) is 5.82 Å². The van der Waals surface area contributed by atoms with Crippen molar-refractivity contribution in [2.75, 3.05) is 5.75 Å². The van der Waals surface area contributed by atoms with E-state index in [0.29, 0.717) is 28.0 Å². The molecule has 0 bridgehead atoms. The molecule has 2 heterocycles. The van der Waals surface area contributed by atoms with Crippen LogP contribution in [0.15, 0.2) is 81.6 Å². The van der Waals surface area contributed by atoms with Gasteiger partial charge in [-0.3, -0.25) is 9.36 Å². The molecule has 2 aromatic heterocycles. The van der Waals surface area contributed by atoms with Crippen molar-refractivity contribution in [3.63, 3.8) is 0 Å². The number of carbonyl (C=O) groups excluding carboxylic acids is 1. The summed E-state index contributed by atoms with van der Waals surface area (Å²) in [6.45, 7) is 0. The van der Waals surface area contributed by atoms with E-state index >= 15 is 0 Å². The molecule has 0 spiro atoms. The van der Waals surface area contributed by atoms with E-state index in [1.165, 1.54) is 30.7 Å². The van der Waals surface area contributed by atoms with Crippen molar-refractivity contribution < 1.29 is 18.7 Å². The summed E-state index contributed by atoms with van der Waals surface area (Å²) in [6, 6.07) is 15.9. The van der Waals surface area contributed by atoms with Crippen molar-refractivity contribution in [3.05, 3.63) is 78.3 Å². The molecule has 0 aliphatic rings. The van der Waals surface area contributed by atoms with Crippen LogP contribution < -0.4 is 5.43 Å². The molecule has 0 saturated heterocycles. The van der Waals surface area contributed by atoms with Gasteiger partial charge < -0.3 is 9.52 Å². The highest BCUT2D eigenvalue weighted by atomic mass is 32.2. The number of para-hydroxylation sites is 1. The minimum Gasteiger partial charge on any atom is -0.507 e. The van der Waals surface area contributed by atoms with E-state index < -0.39 is 0 Å². The molecule has 0 unspecified atom stereocenters. The fourth-order valence-electron chi connectivity index (χ4n) is 2.68. The van der Waals surface area contributed by atoms with E-state index in [9.17, 15) is 14.3 Å². The predicted molar refractivity (Wildman–Crippen MR) is 114 cm³/mol. The Labute approximate surface area is 180 Å². The highest BCUT2D eigenvalue weighted by molar-refractivity contribution is 7.99. The number of aromatic nitrogens is 3. The molecule has 1 amide bonds. The first-order valence-electron chi connectivity index (χ1n) is 9.10. The maximum Gasteiger partial charge on any atom is 0.250 e. The smallest absolute Gasteiger partial charge is 0.250 e. The van der Waals surface area contributed by atoms with Gasteiger partial charge in [-0.05, 0) is 48.5 Å². The molecule has 2 N–H and O–H groups in total. The summed E-state index contributed by atoms with van der Waals surface area (Å²) in [5.74, 6) is 0.248. The molecule has 4 rings (SSSR count). The summed E-state index contributed by atoms with van der Waals surface area (Å²) in [7, 11) is 0.